The first-order valence-electron chi connectivity index (χ1n) is 6.56. The highest BCUT2D eigenvalue weighted by Crippen LogP contribution is 2.32. The average molecular weight is 312 g/mol. The fourth-order valence-electron chi connectivity index (χ4n) is 2.08. The summed E-state index contributed by atoms with van der Waals surface area (Å²) in [5.41, 5.74) is 2.68. The number of halogens is 3. The summed E-state index contributed by atoms with van der Waals surface area (Å²) in [5.74, 6) is -0.243. The van der Waals surface area contributed by atoms with E-state index in [0.29, 0.717) is 16.6 Å². The van der Waals surface area contributed by atoms with Gasteiger partial charge in [-0.3, -0.25) is 0 Å². The predicted octanol–water partition coefficient (Wildman–Crippen LogP) is 5.30. The summed E-state index contributed by atoms with van der Waals surface area (Å²) in [6.07, 6.45) is 1.03. The van der Waals surface area contributed by atoms with Gasteiger partial charge in [0.15, 0.2) is 0 Å². The van der Waals surface area contributed by atoms with Crippen LogP contribution >= 0.6 is 23.2 Å². The molecular formula is C16H16Cl2FN. The van der Waals surface area contributed by atoms with Gasteiger partial charge in [0.05, 0.1) is 0 Å². The topological polar surface area (TPSA) is 12.0 Å². The van der Waals surface area contributed by atoms with Gasteiger partial charge in [0.25, 0.3) is 0 Å². The van der Waals surface area contributed by atoms with E-state index in [2.05, 4.69) is 12.2 Å². The van der Waals surface area contributed by atoms with Crippen molar-refractivity contribution in [1.29, 1.82) is 0 Å². The summed E-state index contributed by atoms with van der Waals surface area (Å²) in [4.78, 5) is 0. The van der Waals surface area contributed by atoms with Gasteiger partial charge in [0, 0.05) is 22.2 Å². The molecule has 0 aliphatic rings. The predicted molar refractivity (Wildman–Crippen MR) is 83.9 cm³/mol. The summed E-state index contributed by atoms with van der Waals surface area (Å²) in [6.45, 7) is 3.60. The summed E-state index contributed by atoms with van der Waals surface area (Å²) in [7, 11) is 0. The molecule has 1 N–H and O–H groups in total. The van der Waals surface area contributed by atoms with Crippen molar-refractivity contribution in [1.82, 2.24) is 5.32 Å². The third-order valence-corrected chi connectivity index (χ3v) is 3.58. The van der Waals surface area contributed by atoms with Crippen molar-refractivity contribution in [3.8, 4) is 11.1 Å². The van der Waals surface area contributed by atoms with Crippen molar-refractivity contribution in [2.75, 3.05) is 6.54 Å². The maximum absolute atomic E-state index is 13.5. The molecule has 106 valence electrons. The fraction of sp³-hybridized carbons (Fsp3) is 0.250. The Morgan fingerprint density at radius 1 is 1.05 bits per heavy atom. The van der Waals surface area contributed by atoms with Crippen LogP contribution in [-0.4, -0.2) is 6.54 Å². The Balaban J connectivity index is 2.39. The number of benzene rings is 2. The number of hydrogen-bond donors (Lipinski definition) is 1. The summed E-state index contributed by atoms with van der Waals surface area (Å²) in [6, 6.07) is 10.1. The van der Waals surface area contributed by atoms with E-state index in [-0.39, 0.29) is 5.82 Å². The van der Waals surface area contributed by atoms with Gasteiger partial charge in [-0.05, 0) is 48.4 Å². The summed E-state index contributed by atoms with van der Waals surface area (Å²) >= 11 is 12.2. The molecule has 20 heavy (non-hydrogen) atoms. The van der Waals surface area contributed by atoms with E-state index in [0.717, 1.165) is 29.7 Å². The molecule has 0 spiro atoms. The monoisotopic (exact) mass is 311 g/mol. The molecule has 4 heteroatoms. The molecule has 0 aliphatic heterocycles. The van der Waals surface area contributed by atoms with Crippen LogP contribution in [-0.2, 0) is 6.54 Å². The van der Waals surface area contributed by atoms with Gasteiger partial charge >= 0.3 is 0 Å². The molecule has 0 aromatic heterocycles. The molecule has 0 saturated carbocycles. The smallest absolute Gasteiger partial charge is 0.123 e. The van der Waals surface area contributed by atoms with Crippen molar-refractivity contribution in [3.63, 3.8) is 0 Å². The van der Waals surface area contributed by atoms with E-state index in [9.17, 15) is 4.39 Å². The Morgan fingerprint density at radius 2 is 1.80 bits per heavy atom. The third-order valence-electron chi connectivity index (χ3n) is 3.03. The molecule has 1 nitrogen and oxygen atoms in total. The highest BCUT2D eigenvalue weighted by atomic mass is 35.5. The van der Waals surface area contributed by atoms with Gasteiger partial charge in [0.1, 0.15) is 5.82 Å². The second kappa shape index (κ2) is 7.07. The number of rotatable bonds is 5. The number of hydrogen-bond acceptors (Lipinski definition) is 1. The Kier molecular flexibility index (Phi) is 5.41. The number of nitrogens with one attached hydrogen (secondary N) is 1. The van der Waals surface area contributed by atoms with Gasteiger partial charge in [-0.25, -0.2) is 4.39 Å². The first kappa shape index (κ1) is 15.3. The van der Waals surface area contributed by atoms with Crippen LogP contribution in [0.15, 0.2) is 36.4 Å². The van der Waals surface area contributed by atoms with Crippen LogP contribution in [0.4, 0.5) is 4.39 Å². The normalized spacial score (nSPS) is 10.8. The molecule has 0 heterocycles. The summed E-state index contributed by atoms with van der Waals surface area (Å²) in [5, 5.41) is 4.44. The third kappa shape index (κ3) is 3.72. The molecule has 0 radical (unpaired) electrons. The minimum absolute atomic E-state index is 0.243. The molecule has 0 unspecified atom stereocenters. The van der Waals surface area contributed by atoms with Crippen molar-refractivity contribution in [2.45, 2.75) is 19.9 Å². The van der Waals surface area contributed by atoms with Crippen LogP contribution in [0.25, 0.3) is 11.1 Å². The van der Waals surface area contributed by atoms with E-state index in [1.807, 2.05) is 6.07 Å². The van der Waals surface area contributed by atoms with Crippen LogP contribution in [0.5, 0.6) is 0 Å². The lowest BCUT2D eigenvalue weighted by atomic mass is 9.99. The average Bonchev–Trinajstić information content (AvgIpc) is 2.40. The van der Waals surface area contributed by atoms with Crippen molar-refractivity contribution < 1.29 is 4.39 Å². The van der Waals surface area contributed by atoms with E-state index < -0.39 is 0 Å². The SMILES string of the molecule is CCCNCc1cc(F)ccc1-c1ccc(Cl)cc1Cl. The molecule has 2 rings (SSSR count). The lowest BCUT2D eigenvalue weighted by Crippen LogP contribution is -2.14. The Labute approximate surface area is 128 Å². The Bertz CT molecular complexity index is 599. The first-order valence-corrected chi connectivity index (χ1v) is 7.32. The van der Waals surface area contributed by atoms with Crippen molar-refractivity contribution in [3.05, 3.63) is 57.8 Å². The van der Waals surface area contributed by atoms with Gasteiger partial charge in [-0.2, -0.15) is 0 Å². The quantitative estimate of drug-likeness (QED) is 0.739. The van der Waals surface area contributed by atoms with E-state index in [1.54, 1.807) is 24.3 Å². The van der Waals surface area contributed by atoms with Crippen molar-refractivity contribution in [2.24, 2.45) is 0 Å². The molecule has 2 aromatic rings. The molecule has 0 atom stereocenters. The Morgan fingerprint density at radius 3 is 2.50 bits per heavy atom. The molecule has 0 bridgehead atoms. The standard InChI is InChI=1S/C16H16Cl2FN/c1-2-7-20-10-11-8-13(19)4-6-14(11)15-5-3-12(17)9-16(15)18/h3-6,8-9,20H,2,7,10H2,1H3. The van der Waals surface area contributed by atoms with Crippen LogP contribution in [0.2, 0.25) is 10.0 Å². The van der Waals surface area contributed by atoms with Gasteiger partial charge in [-0.15, -0.1) is 0 Å². The molecular weight excluding hydrogens is 296 g/mol. The largest absolute Gasteiger partial charge is 0.313 e. The van der Waals surface area contributed by atoms with Crippen LogP contribution in [0.1, 0.15) is 18.9 Å². The molecule has 2 aromatic carbocycles. The zero-order valence-electron chi connectivity index (χ0n) is 11.2. The molecule has 0 fully saturated rings. The Hall–Kier alpha value is -1.09. The van der Waals surface area contributed by atoms with Crippen LogP contribution in [0, 0.1) is 5.82 Å². The molecule has 0 aliphatic carbocycles. The zero-order chi connectivity index (χ0) is 14.5. The maximum Gasteiger partial charge on any atom is 0.123 e. The second-order valence-electron chi connectivity index (χ2n) is 4.60. The lowest BCUT2D eigenvalue weighted by Gasteiger charge is -2.12. The van der Waals surface area contributed by atoms with Crippen LogP contribution < -0.4 is 5.32 Å². The van der Waals surface area contributed by atoms with Gasteiger partial charge in [-0.1, -0.05) is 42.3 Å². The molecule has 0 amide bonds. The minimum atomic E-state index is -0.243. The highest BCUT2D eigenvalue weighted by molar-refractivity contribution is 6.36. The minimum Gasteiger partial charge on any atom is -0.313 e. The zero-order valence-corrected chi connectivity index (χ0v) is 12.7. The highest BCUT2D eigenvalue weighted by Gasteiger charge is 2.10. The van der Waals surface area contributed by atoms with E-state index >= 15 is 0 Å². The van der Waals surface area contributed by atoms with Gasteiger partial charge in [0.2, 0.25) is 0 Å². The first-order chi connectivity index (χ1) is 9.61. The fourth-order valence-corrected chi connectivity index (χ4v) is 2.59. The van der Waals surface area contributed by atoms with E-state index in [4.69, 9.17) is 23.2 Å². The summed E-state index contributed by atoms with van der Waals surface area (Å²) < 4.78 is 13.5. The van der Waals surface area contributed by atoms with Crippen molar-refractivity contribution >= 4 is 23.2 Å². The van der Waals surface area contributed by atoms with Gasteiger partial charge < -0.3 is 5.32 Å². The van der Waals surface area contributed by atoms with Crippen LogP contribution in [0.3, 0.4) is 0 Å². The molecule has 0 saturated heterocycles. The second-order valence-corrected chi connectivity index (χ2v) is 5.45. The van der Waals surface area contributed by atoms with E-state index in [1.165, 1.54) is 6.07 Å². The lowest BCUT2D eigenvalue weighted by molar-refractivity contribution is 0.619. The maximum atomic E-state index is 13.5.